The molecule has 0 unspecified atom stereocenters. The van der Waals surface area contributed by atoms with Gasteiger partial charge in [-0.05, 0) is 44.2 Å². The average molecular weight is 550 g/mol. The van der Waals surface area contributed by atoms with Crippen molar-refractivity contribution in [1.82, 2.24) is 15.6 Å². The molecule has 4 N–H and O–H groups in total. The zero-order valence-electron chi connectivity index (χ0n) is 18.8. The molecule has 2 heterocycles. The third kappa shape index (κ3) is 7.96. The molecule has 7 nitrogen and oxygen atoms in total. The van der Waals surface area contributed by atoms with E-state index in [2.05, 4.69) is 57.8 Å². The van der Waals surface area contributed by atoms with E-state index in [1.165, 1.54) is 5.56 Å². The van der Waals surface area contributed by atoms with Gasteiger partial charge in [0, 0.05) is 43.9 Å². The Morgan fingerprint density at radius 3 is 2.59 bits per heavy atom. The number of rotatable bonds is 9. The number of carbonyl (C=O) groups is 1. The number of guanidine groups is 1. The minimum atomic E-state index is -0.195. The summed E-state index contributed by atoms with van der Waals surface area (Å²) in [6.07, 6.45) is 5.46. The molecule has 1 fully saturated rings. The maximum atomic E-state index is 11.4. The summed E-state index contributed by atoms with van der Waals surface area (Å²) in [6, 6.07) is 14.6. The van der Waals surface area contributed by atoms with Crippen molar-refractivity contribution in [2.75, 3.05) is 31.1 Å². The number of nitrogens with zero attached hydrogens (tertiary/aromatic N) is 3. The molecule has 1 aliphatic rings. The van der Waals surface area contributed by atoms with Crippen LogP contribution in [0, 0.1) is 5.92 Å². The Balaban J connectivity index is 0.00000363. The van der Waals surface area contributed by atoms with E-state index in [9.17, 15) is 4.79 Å². The Bertz CT molecular complexity index is 853. The largest absolute Gasteiger partial charge is 0.369 e. The summed E-state index contributed by atoms with van der Waals surface area (Å²) in [4.78, 5) is 23.1. The van der Waals surface area contributed by atoms with Crippen molar-refractivity contribution >= 4 is 41.7 Å². The van der Waals surface area contributed by atoms with Gasteiger partial charge in [-0.2, -0.15) is 0 Å². The van der Waals surface area contributed by atoms with Crippen LogP contribution in [0.3, 0.4) is 0 Å². The molecular weight excluding hydrogens is 515 g/mol. The summed E-state index contributed by atoms with van der Waals surface area (Å²) in [7, 11) is 0. The van der Waals surface area contributed by atoms with Crippen molar-refractivity contribution in [3.05, 3.63) is 59.8 Å². The van der Waals surface area contributed by atoms with Gasteiger partial charge in [0.25, 0.3) is 0 Å². The van der Waals surface area contributed by atoms with Crippen LogP contribution >= 0.6 is 24.0 Å². The smallest absolute Gasteiger partial charge is 0.220 e. The van der Waals surface area contributed by atoms with E-state index in [1.807, 2.05) is 18.3 Å². The normalized spacial score (nSPS) is 14.5. The predicted octanol–water partition coefficient (Wildman–Crippen LogP) is 3.09. The second-order valence-corrected chi connectivity index (χ2v) is 7.86. The molecule has 3 rings (SSSR count). The third-order valence-corrected chi connectivity index (χ3v) is 5.59. The highest BCUT2D eigenvalue weighted by molar-refractivity contribution is 14.0. The van der Waals surface area contributed by atoms with Crippen LogP contribution in [-0.4, -0.2) is 43.0 Å². The number of halogens is 1. The van der Waals surface area contributed by atoms with Crippen LogP contribution in [0.5, 0.6) is 0 Å². The molecule has 0 radical (unpaired) electrons. The van der Waals surface area contributed by atoms with E-state index in [1.54, 1.807) is 0 Å². The number of benzene rings is 1. The molecule has 0 saturated carbocycles. The number of aromatic nitrogens is 1. The molecule has 0 atom stereocenters. The minimum Gasteiger partial charge on any atom is -0.369 e. The monoisotopic (exact) mass is 550 g/mol. The first kappa shape index (κ1) is 25.9. The Labute approximate surface area is 208 Å². The van der Waals surface area contributed by atoms with Crippen LogP contribution in [0.2, 0.25) is 0 Å². The van der Waals surface area contributed by atoms with E-state index < -0.39 is 0 Å². The molecule has 1 aromatic heterocycles. The summed E-state index contributed by atoms with van der Waals surface area (Å²) in [5.74, 6) is 1.55. The Morgan fingerprint density at radius 2 is 1.91 bits per heavy atom. The first-order valence-corrected chi connectivity index (χ1v) is 11.2. The molecule has 1 aromatic carbocycles. The fraction of sp³-hybridized carbons (Fsp3) is 0.458. The van der Waals surface area contributed by atoms with Crippen LogP contribution in [0.4, 0.5) is 5.82 Å². The number of anilines is 1. The minimum absolute atomic E-state index is 0. The lowest BCUT2D eigenvalue weighted by Crippen LogP contribution is -2.39. The number of hydrogen-bond acceptors (Lipinski definition) is 4. The quantitative estimate of drug-likeness (QED) is 0.193. The molecule has 1 saturated heterocycles. The number of piperidine rings is 1. The molecule has 0 spiro atoms. The molecule has 1 aliphatic heterocycles. The molecule has 8 heteroatoms. The molecule has 2 aromatic rings. The maximum Gasteiger partial charge on any atom is 0.220 e. The molecular formula is C24H35IN6O. The highest BCUT2D eigenvalue weighted by atomic mass is 127. The van der Waals surface area contributed by atoms with Crippen LogP contribution in [0.15, 0.2) is 53.7 Å². The fourth-order valence-corrected chi connectivity index (χ4v) is 3.86. The number of nitrogens with one attached hydrogen (secondary N) is 2. The second-order valence-electron chi connectivity index (χ2n) is 7.86. The number of hydrogen-bond donors (Lipinski definition) is 3. The van der Waals surface area contributed by atoms with Gasteiger partial charge in [-0.3, -0.25) is 4.79 Å². The van der Waals surface area contributed by atoms with E-state index in [-0.39, 0.29) is 35.8 Å². The lowest BCUT2D eigenvalue weighted by atomic mass is 9.96. The van der Waals surface area contributed by atoms with Gasteiger partial charge >= 0.3 is 0 Å². The summed E-state index contributed by atoms with van der Waals surface area (Å²) in [5.41, 5.74) is 7.91. The van der Waals surface area contributed by atoms with Gasteiger partial charge < -0.3 is 21.3 Å². The van der Waals surface area contributed by atoms with Crippen molar-refractivity contribution < 1.29 is 4.79 Å². The number of pyridine rings is 1. The zero-order valence-corrected chi connectivity index (χ0v) is 21.1. The molecule has 32 heavy (non-hydrogen) atoms. The second kappa shape index (κ2) is 13.9. The van der Waals surface area contributed by atoms with E-state index in [0.717, 1.165) is 69.2 Å². The first-order chi connectivity index (χ1) is 15.2. The molecule has 1 amide bonds. The van der Waals surface area contributed by atoms with Crippen molar-refractivity contribution in [1.29, 1.82) is 0 Å². The van der Waals surface area contributed by atoms with Crippen LogP contribution in [0.25, 0.3) is 0 Å². The number of aryl methyl sites for hydroxylation is 1. The lowest BCUT2D eigenvalue weighted by Gasteiger charge is -2.32. The maximum absolute atomic E-state index is 11.4. The molecule has 174 valence electrons. The highest BCUT2D eigenvalue weighted by Gasteiger charge is 2.24. The molecule has 0 bridgehead atoms. The van der Waals surface area contributed by atoms with Gasteiger partial charge in [-0.25, -0.2) is 9.98 Å². The van der Waals surface area contributed by atoms with Crippen LogP contribution in [-0.2, 0) is 17.8 Å². The third-order valence-electron chi connectivity index (χ3n) is 5.59. The van der Waals surface area contributed by atoms with Crippen molar-refractivity contribution in [2.24, 2.45) is 16.6 Å². The highest BCUT2D eigenvalue weighted by Crippen LogP contribution is 2.24. The zero-order chi connectivity index (χ0) is 21.9. The standard InChI is InChI=1S/C24H34N6O.HI/c1-2-26-24(28-15-6-10-19-8-4-3-5-9-19)29-18-21-11-7-14-27-23(21)30-16-12-20(13-17-30)22(25)31;/h3-5,7-9,11,14,20H,2,6,10,12-13,15-18H2,1H3,(H2,25,31)(H2,26,28,29);1H. The number of aliphatic imine (C=N–C) groups is 1. The van der Waals surface area contributed by atoms with Gasteiger partial charge in [0.15, 0.2) is 5.96 Å². The fourth-order valence-electron chi connectivity index (χ4n) is 3.86. The van der Waals surface area contributed by atoms with Crippen LogP contribution < -0.4 is 21.3 Å². The molecule has 0 aliphatic carbocycles. The van der Waals surface area contributed by atoms with Crippen LogP contribution in [0.1, 0.15) is 37.3 Å². The summed E-state index contributed by atoms with van der Waals surface area (Å²) in [6.45, 7) is 5.87. The van der Waals surface area contributed by atoms with Crippen molar-refractivity contribution in [2.45, 2.75) is 39.2 Å². The summed E-state index contributed by atoms with van der Waals surface area (Å²) < 4.78 is 0. The SMILES string of the molecule is CCNC(=NCc1cccnc1N1CCC(C(N)=O)CC1)NCCCc1ccccc1.I. The number of carbonyl (C=O) groups excluding carboxylic acids is 1. The average Bonchev–Trinajstić information content (AvgIpc) is 2.81. The number of nitrogens with two attached hydrogens (primary N) is 1. The Hall–Kier alpha value is -2.36. The topological polar surface area (TPSA) is 95.6 Å². The lowest BCUT2D eigenvalue weighted by molar-refractivity contribution is -0.122. The van der Waals surface area contributed by atoms with Gasteiger partial charge in [-0.1, -0.05) is 36.4 Å². The number of amides is 1. The summed E-state index contributed by atoms with van der Waals surface area (Å²) >= 11 is 0. The first-order valence-electron chi connectivity index (χ1n) is 11.2. The van der Waals surface area contributed by atoms with Gasteiger partial charge in [0.05, 0.1) is 6.54 Å². The van der Waals surface area contributed by atoms with Crippen molar-refractivity contribution in [3.63, 3.8) is 0 Å². The number of primary amides is 1. The van der Waals surface area contributed by atoms with Gasteiger partial charge in [-0.15, -0.1) is 24.0 Å². The van der Waals surface area contributed by atoms with Gasteiger partial charge in [0.1, 0.15) is 5.82 Å². The Morgan fingerprint density at radius 1 is 1.16 bits per heavy atom. The summed E-state index contributed by atoms with van der Waals surface area (Å²) in [5, 5.41) is 6.75. The van der Waals surface area contributed by atoms with Crippen molar-refractivity contribution in [3.8, 4) is 0 Å². The Kier molecular flexibility index (Phi) is 11.3. The predicted molar refractivity (Wildman–Crippen MR) is 141 cm³/mol. The van der Waals surface area contributed by atoms with E-state index >= 15 is 0 Å². The van der Waals surface area contributed by atoms with E-state index in [4.69, 9.17) is 10.7 Å². The van der Waals surface area contributed by atoms with E-state index in [0.29, 0.717) is 6.54 Å². The van der Waals surface area contributed by atoms with Gasteiger partial charge in [0.2, 0.25) is 5.91 Å².